The van der Waals surface area contributed by atoms with Crippen LogP contribution in [0.3, 0.4) is 0 Å². The van der Waals surface area contributed by atoms with E-state index in [1.54, 1.807) is 0 Å². The molecular formula is C44H31P. The van der Waals surface area contributed by atoms with Gasteiger partial charge in [0.25, 0.3) is 0 Å². The number of benzene rings is 8. The molecule has 212 valence electrons. The van der Waals surface area contributed by atoms with Crippen LogP contribution in [0.25, 0.3) is 54.9 Å². The Morgan fingerprint density at radius 1 is 0.311 bits per heavy atom. The molecule has 0 aromatic heterocycles. The molecule has 0 nitrogen and oxygen atoms in total. The number of hydrogen-bond acceptors (Lipinski definition) is 0. The van der Waals surface area contributed by atoms with Crippen molar-refractivity contribution in [3.8, 4) is 33.4 Å². The molecule has 0 atom stereocenters. The van der Waals surface area contributed by atoms with Crippen LogP contribution in [0.5, 0.6) is 0 Å². The summed E-state index contributed by atoms with van der Waals surface area (Å²) < 4.78 is 0. The van der Waals surface area contributed by atoms with E-state index in [1.165, 1.54) is 70.8 Å². The summed E-state index contributed by atoms with van der Waals surface area (Å²) >= 11 is 0. The summed E-state index contributed by atoms with van der Waals surface area (Å²) in [4.78, 5) is 0. The number of rotatable bonds is 6. The zero-order chi connectivity index (χ0) is 30.0. The molecule has 8 rings (SSSR count). The van der Waals surface area contributed by atoms with Crippen LogP contribution in [0.15, 0.2) is 188 Å². The Hall–Kier alpha value is -5.29. The molecule has 8 aromatic rings. The van der Waals surface area contributed by atoms with Crippen molar-refractivity contribution in [2.75, 3.05) is 0 Å². The minimum absolute atomic E-state index is 0.813. The Bertz CT molecular complexity index is 2200. The summed E-state index contributed by atoms with van der Waals surface area (Å²) in [5.74, 6) is 0. The SMILES string of the molecule is c1ccc(-c2ccc3c(-c4c(P(c5ccccc5)c5ccccc5)ccc5cc(-c6ccccc6)ccc45)cccc3c2)cc1. The lowest BCUT2D eigenvalue weighted by molar-refractivity contribution is 1.63. The molecule has 0 heterocycles. The van der Waals surface area contributed by atoms with Crippen LogP contribution in [-0.4, -0.2) is 0 Å². The fraction of sp³-hybridized carbons (Fsp3) is 0. The van der Waals surface area contributed by atoms with E-state index >= 15 is 0 Å². The fourth-order valence-corrected chi connectivity index (χ4v) is 8.97. The van der Waals surface area contributed by atoms with Gasteiger partial charge in [-0.05, 0) is 90.9 Å². The van der Waals surface area contributed by atoms with E-state index in [0.29, 0.717) is 0 Å². The second-order valence-electron chi connectivity index (χ2n) is 11.4. The van der Waals surface area contributed by atoms with Crippen molar-refractivity contribution in [3.63, 3.8) is 0 Å². The highest BCUT2D eigenvalue weighted by molar-refractivity contribution is 7.80. The van der Waals surface area contributed by atoms with Gasteiger partial charge in [0.2, 0.25) is 0 Å². The fourth-order valence-electron chi connectivity index (χ4n) is 6.49. The Morgan fingerprint density at radius 2 is 0.800 bits per heavy atom. The summed E-state index contributed by atoms with van der Waals surface area (Å²) in [5.41, 5.74) is 7.55. The van der Waals surface area contributed by atoms with Gasteiger partial charge in [0, 0.05) is 0 Å². The highest BCUT2D eigenvalue weighted by Crippen LogP contribution is 2.43. The van der Waals surface area contributed by atoms with Crippen molar-refractivity contribution >= 4 is 45.4 Å². The van der Waals surface area contributed by atoms with Crippen molar-refractivity contribution in [2.45, 2.75) is 0 Å². The van der Waals surface area contributed by atoms with Crippen LogP contribution in [0, 0.1) is 0 Å². The molecule has 0 amide bonds. The lowest BCUT2D eigenvalue weighted by atomic mass is 9.91. The van der Waals surface area contributed by atoms with Crippen LogP contribution in [0.2, 0.25) is 0 Å². The molecule has 0 bridgehead atoms. The third-order valence-corrected chi connectivity index (χ3v) is 11.1. The van der Waals surface area contributed by atoms with Crippen LogP contribution in [-0.2, 0) is 0 Å². The number of fused-ring (bicyclic) bond motifs is 2. The molecule has 45 heavy (non-hydrogen) atoms. The molecule has 0 unspecified atom stereocenters. The van der Waals surface area contributed by atoms with Crippen molar-refractivity contribution in [1.82, 2.24) is 0 Å². The summed E-state index contributed by atoms with van der Waals surface area (Å²) in [5, 5.41) is 9.14. The van der Waals surface area contributed by atoms with Gasteiger partial charge in [-0.1, -0.05) is 176 Å². The zero-order valence-electron chi connectivity index (χ0n) is 24.8. The highest BCUT2D eigenvalue weighted by atomic mass is 31.1. The van der Waals surface area contributed by atoms with Gasteiger partial charge < -0.3 is 0 Å². The van der Waals surface area contributed by atoms with Crippen molar-refractivity contribution in [2.24, 2.45) is 0 Å². The first-order chi connectivity index (χ1) is 22.3. The van der Waals surface area contributed by atoms with Gasteiger partial charge >= 0.3 is 0 Å². The second-order valence-corrected chi connectivity index (χ2v) is 13.6. The summed E-state index contributed by atoms with van der Waals surface area (Å²) in [6.07, 6.45) is 0. The summed E-state index contributed by atoms with van der Waals surface area (Å²) in [6, 6.07) is 68.9. The molecule has 0 fully saturated rings. The Balaban J connectivity index is 1.41. The van der Waals surface area contributed by atoms with Gasteiger partial charge in [0.15, 0.2) is 0 Å². The van der Waals surface area contributed by atoms with Gasteiger partial charge in [-0.25, -0.2) is 0 Å². The predicted octanol–water partition coefficient (Wildman–Crippen LogP) is 10.8. The van der Waals surface area contributed by atoms with E-state index in [4.69, 9.17) is 0 Å². The van der Waals surface area contributed by atoms with E-state index < -0.39 is 7.92 Å². The van der Waals surface area contributed by atoms with Gasteiger partial charge in [-0.2, -0.15) is 0 Å². The van der Waals surface area contributed by atoms with E-state index in [1.807, 2.05) is 0 Å². The third-order valence-electron chi connectivity index (χ3n) is 8.63. The van der Waals surface area contributed by atoms with E-state index in [0.717, 1.165) is 0 Å². The van der Waals surface area contributed by atoms with Gasteiger partial charge in [-0.15, -0.1) is 0 Å². The molecule has 0 spiro atoms. The van der Waals surface area contributed by atoms with E-state index in [9.17, 15) is 0 Å². The third kappa shape index (κ3) is 5.25. The maximum absolute atomic E-state index is 2.40. The Kier molecular flexibility index (Phi) is 7.28. The zero-order valence-corrected chi connectivity index (χ0v) is 25.7. The topological polar surface area (TPSA) is 0 Å². The molecular weight excluding hydrogens is 559 g/mol. The average molecular weight is 591 g/mol. The molecule has 0 saturated heterocycles. The maximum Gasteiger partial charge on any atom is -0.00155 e. The summed E-state index contributed by atoms with van der Waals surface area (Å²) in [6.45, 7) is 0. The lowest BCUT2D eigenvalue weighted by Gasteiger charge is -2.25. The largest absolute Gasteiger partial charge is 0.0622 e. The molecule has 1 heteroatoms. The van der Waals surface area contributed by atoms with Crippen molar-refractivity contribution in [3.05, 3.63) is 188 Å². The lowest BCUT2D eigenvalue weighted by Crippen LogP contribution is -2.22. The normalized spacial score (nSPS) is 11.3. The first kappa shape index (κ1) is 27.3. The standard InChI is InChI=1S/C44H31P/c1-5-14-32(15-6-1)34-24-27-40-36(30-34)18-13-23-42(40)44-41-28-25-35(33-16-7-2-8-17-33)31-37(41)26-29-43(44)45(38-19-9-3-10-20-38)39-21-11-4-12-22-39/h1-31H. The van der Waals surface area contributed by atoms with Crippen LogP contribution in [0.4, 0.5) is 0 Å². The first-order valence-corrected chi connectivity index (χ1v) is 16.8. The van der Waals surface area contributed by atoms with Crippen molar-refractivity contribution in [1.29, 1.82) is 0 Å². The van der Waals surface area contributed by atoms with E-state index in [2.05, 4.69) is 188 Å². The van der Waals surface area contributed by atoms with Crippen LogP contribution >= 0.6 is 7.92 Å². The smallest absolute Gasteiger partial charge is 0.00155 e. The van der Waals surface area contributed by atoms with Gasteiger partial charge in [0.05, 0.1) is 0 Å². The highest BCUT2D eigenvalue weighted by Gasteiger charge is 2.23. The minimum atomic E-state index is -0.813. The molecule has 0 aliphatic carbocycles. The van der Waals surface area contributed by atoms with Crippen molar-refractivity contribution < 1.29 is 0 Å². The van der Waals surface area contributed by atoms with Gasteiger partial charge in [0.1, 0.15) is 0 Å². The Morgan fingerprint density at radius 3 is 1.36 bits per heavy atom. The minimum Gasteiger partial charge on any atom is -0.0622 e. The molecule has 8 aromatic carbocycles. The number of hydrogen-bond donors (Lipinski definition) is 0. The average Bonchev–Trinajstić information content (AvgIpc) is 3.12. The molecule has 0 N–H and O–H groups in total. The maximum atomic E-state index is 2.40. The molecule has 0 radical (unpaired) electrons. The van der Waals surface area contributed by atoms with Crippen LogP contribution in [0.1, 0.15) is 0 Å². The predicted molar refractivity (Wildman–Crippen MR) is 196 cm³/mol. The molecule has 0 aliphatic rings. The van der Waals surface area contributed by atoms with Crippen LogP contribution < -0.4 is 15.9 Å². The first-order valence-electron chi connectivity index (χ1n) is 15.4. The second kappa shape index (κ2) is 12.0. The monoisotopic (exact) mass is 590 g/mol. The van der Waals surface area contributed by atoms with E-state index in [-0.39, 0.29) is 0 Å². The quantitative estimate of drug-likeness (QED) is 0.169. The Labute approximate surface area is 266 Å². The molecule has 0 aliphatic heterocycles. The van der Waals surface area contributed by atoms with Gasteiger partial charge in [-0.3, -0.25) is 0 Å². The molecule has 0 saturated carbocycles. The summed E-state index contributed by atoms with van der Waals surface area (Å²) in [7, 11) is -0.813.